The van der Waals surface area contributed by atoms with Crippen LogP contribution in [0.15, 0.2) is 65.8 Å². The molecule has 2 amide bonds. The van der Waals surface area contributed by atoms with Crippen molar-refractivity contribution in [1.82, 2.24) is 19.5 Å². The molecule has 5 rings (SSSR count). The third kappa shape index (κ3) is 4.70. The molecule has 2 saturated heterocycles. The van der Waals surface area contributed by atoms with Gasteiger partial charge < -0.3 is 9.80 Å². The molecule has 3 aromatic rings. The molecule has 2 aliphatic rings. The predicted octanol–water partition coefficient (Wildman–Crippen LogP) is 3.52. The number of fused-ring (bicyclic) bond motifs is 1. The first-order valence-electron chi connectivity index (χ1n) is 12.0. The second-order valence-corrected chi connectivity index (χ2v) is 11.4. The Kier molecular flexibility index (Phi) is 6.72. The van der Waals surface area contributed by atoms with Crippen molar-refractivity contribution in [2.75, 3.05) is 13.1 Å². The van der Waals surface area contributed by atoms with Crippen LogP contribution in [0.1, 0.15) is 37.8 Å². The largest absolute Gasteiger partial charge is 0.334 e. The molecule has 0 saturated carbocycles. The number of halogens is 1. The fourth-order valence-electron chi connectivity index (χ4n) is 5.14. The van der Waals surface area contributed by atoms with E-state index in [4.69, 9.17) is 11.6 Å². The number of nitrogens with one attached hydrogen (secondary N) is 1. The van der Waals surface area contributed by atoms with Crippen molar-refractivity contribution in [3.63, 3.8) is 0 Å². The quantitative estimate of drug-likeness (QED) is 0.530. The molecule has 3 heterocycles. The SMILES string of the molecule is CC(C(=O)N1CCCC1c1cccnc1)N1CCC(NS(=O)(=O)c2ccc3cc(Cl)ccc3c2)C1=O. The molecule has 3 atom stereocenters. The Morgan fingerprint density at radius 1 is 1.11 bits per heavy atom. The van der Waals surface area contributed by atoms with Crippen LogP contribution in [0.5, 0.6) is 0 Å². The van der Waals surface area contributed by atoms with Gasteiger partial charge in [0.1, 0.15) is 12.1 Å². The Morgan fingerprint density at radius 3 is 2.67 bits per heavy atom. The maximum Gasteiger partial charge on any atom is 0.245 e. The topological polar surface area (TPSA) is 99.7 Å². The van der Waals surface area contributed by atoms with Gasteiger partial charge in [-0.2, -0.15) is 4.72 Å². The second-order valence-electron chi connectivity index (χ2n) is 9.30. The maximum atomic E-state index is 13.4. The van der Waals surface area contributed by atoms with E-state index in [2.05, 4.69) is 9.71 Å². The number of likely N-dealkylation sites (tertiary alicyclic amines) is 2. The fourth-order valence-corrected chi connectivity index (χ4v) is 6.58. The molecular formula is C26H27ClN4O4S. The van der Waals surface area contributed by atoms with Crippen LogP contribution in [0.4, 0.5) is 0 Å². The molecule has 1 aromatic heterocycles. The van der Waals surface area contributed by atoms with E-state index in [-0.39, 0.29) is 22.8 Å². The van der Waals surface area contributed by atoms with Gasteiger partial charge in [-0.1, -0.05) is 29.8 Å². The van der Waals surface area contributed by atoms with Crippen LogP contribution in [-0.4, -0.2) is 60.2 Å². The summed E-state index contributed by atoms with van der Waals surface area (Å²) in [5, 5.41) is 2.12. The summed E-state index contributed by atoms with van der Waals surface area (Å²) < 4.78 is 28.7. The molecule has 0 spiro atoms. The standard InChI is InChI=1S/C26H27ClN4O4S/c1-17(25(32)31-12-3-5-24(31)20-4-2-11-28-16-20)30-13-10-23(26(30)33)29-36(34,35)22-9-7-18-14-21(27)8-6-19(18)15-22/h2,4,6-9,11,14-17,23-24,29H,3,5,10,12-13H2,1H3. The van der Waals surface area contributed by atoms with Crippen molar-refractivity contribution in [2.45, 2.75) is 49.2 Å². The van der Waals surface area contributed by atoms with Gasteiger partial charge in [-0.05, 0) is 72.9 Å². The number of amides is 2. The molecule has 2 aromatic carbocycles. The minimum Gasteiger partial charge on any atom is -0.334 e. The summed E-state index contributed by atoms with van der Waals surface area (Å²) in [6, 6.07) is 12.1. The van der Waals surface area contributed by atoms with Crippen LogP contribution in [0.25, 0.3) is 10.8 Å². The average Bonchev–Trinajstić information content (AvgIpc) is 3.50. The summed E-state index contributed by atoms with van der Waals surface area (Å²) in [5.74, 6) is -0.518. The van der Waals surface area contributed by atoms with Gasteiger partial charge in [0.15, 0.2) is 0 Å². The maximum absolute atomic E-state index is 13.4. The van der Waals surface area contributed by atoms with Crippen LogP contribution in [0.2, 0.25) is 5.02 Å². The lowest BCUT2D eigenvalue weighted by Gasteiger charge is -2.31. The molecule has 36 heavy (non-hydrogen) atoms. The number of rotatable bonds is 6. The van der Waals surface area contributed by atoms with Gasteiger partial charge in [-0.3, -0.25) is 14.6 Å². The molecule has 188 valence electrons. The van der Waals surface area contributed by atoms with Gasteiger partial charge in [-0.25, -0.2) is 8.42 Å². The first-order chi connectivity index (χ1) is 17.2. The number of carbonyl (C=O) groups excluding carboxylic acids is 2. The minimum absolute atomic E-state index is 0.0663. The summed E-state index contributed by atoms with van der Waals surface area (Å²) >= 11 is 6.02. The van der Waals surface area contributed by atoms with Crippen LogP contribution in [0, 0.1) is 0 Å². The highest BCUT2D eigenvalue weighted by molar-refractivity contribution is 7.89. The highest BCUT2D eigenvalue weighted by Crippen LogP contribution is 2.33. The summed E-state index contributed by atoms with van der Waals surface area (Å²) in [7, 11) is -3.94. The second kappa shape index (κ2) is 9.80. The van der Waals surface area contributed by atoms with Crippen molar-refractivity contribution < 1.29 is 18.0 Å². The smallest absolute Gasteiger partial charge is 0.245 e. The number of aromatic nitrogens is 1. The fraction of sp³-hybridized carbons (Fsp3) is 0.346. The molecule has 0 radical (unpaired) electrons. The molecule has 10 heteroatoms. The Labute approximate surface area is 215 Å². The number of sulfonamides is 1. The molecule has 3 unspecified atom stereocenters. The van der Waals surface area contributed by atoms with E-state index in [0.717, 1.165) is 29.2 Å². The Balaban J connectivity index is 1.28. The molecule has 0 bridgehead atoms. The molecular weight excluding hydrogens is 500 g/mol. The van der Waals surface area contributed by atoms with Gasteiger partial charge in [0.25, 0.3) is 0 Å². The normalized spacial score (nSPS) is 21.3. The Hall–Kier alpha value is -3.01. The monoisotopic (exact) mass is 526 g/mol. The van der Waals surface area contributed by atoms with Crippen molar-refractivity contribution in [2.24, 2.45) is 0 Å². The van der Waals surface area contributed by atoms with E-state index in [9.17, 15) is 18.0 Å². The third-order valence-electron chi connectivity index (χ3n) is 7.05. The van der Waals surface area contributed by atoms with Crippen molar-refractivity contribution in [1.29, 1.82) is 0 Å². The lowest BCUT2D eigenvalue weighted by Crippen LogP contribution is -2.50. The van der Waals surface area contributed by atoms with Gasteiger partial charge in [0, 0.05) is 30.5 Å². The highest BCUT2D eigenvalue weighted by atomic mass is 35.5. The van der Waals surface area contributed by atoms with Gasteiger partial charge in [0.2, 0.25) is 21.8 Å². The summed E-state index contributed by atoms with van der Waals surface area (Å²) in [6.45, 7) is 2.64. The van der Waals surface area contributed by atoms with Crippen LogP contribution >= 0.6 is 11.6 Å². The zero-order valence-corrected chi connectivity index (χ0v) is 21.4. The summed E-state index contributed by atoms with van der Waals surface area (Å²) in [5.41, 5.74) is 0.978. The number of hydrogen-bond acceptors (Lipinski definition) is 5. The predicted molar refractivity (Wildman–Crippen MR) is 137 cm³/mol. The Bertz CT molecular complexity index is 1420. The number of nitrogens with zero attached hydrogens (tertiary/aromatic N) is 3. The zero-order valence-electron chi connectivity index (χ0n) is 19.8. The Morgan fingerprint density at radius 2 is 1.89 bits per heavy atom. The van der Waals surface area contributed by atoms with Gasteiger partial charge in [0.05, 0.1) is 10.9 Å². The van der Waals surface area contributed by atoms with Crippen molar-refractivity contribution in [3.05, 3.63) is 71.5 Å². The van der Waals surface area contributed by atoms with Gasteiger partial charge >= 0.3 is 0 Å². The van der Waals surface area contributed by atoms with E-state index in [1.165, 1.54) is 11.0 Å². The van der Waals surface area contributed by atoms with E-state index in [1.54, 1.807) is 49.6 Å². The molecule has 2 fully saturated rings. The van der Waals surface area contributed by atoms with Crippen molar-refractivity contribution in [3.8, 4) is 0 Å². The average molecular weight is 527 g/mol. The molecule has 2 aliphatic heterocycles. The molecule has 0 aliphatic carbocycles. The first-order valence-corrected chi connectivity index (χ1v) is 13.8. The number of benzene rings is 2. The van der Waals surface area contributed by atoms with E-state index in [0.29, 0.717) is 24.5 Å². The first kappa shape index (κ1) is 24.7. The van der Waals surface area contributed by atoms with Crippen molar-refractivity contribution >= 4 is 44.2 Å². The molecule has 8 nitrogen and oxygen atoms in total. The van der Waals surface area contributed by atoms with Crippen LogP contribution < -0.4 is 4.72 Å². The highest BCUT2D eigenvalue weighted by Gasteiger charge is 2.42. The van der Waals surface area contributed by atoms with E-state index >= 15 is 0 Å². The summed E-state index contributed by atoms with van der Waals surface area (Å²) in [4.78, 5) is 34.1. The van der Waals surface area contributed by atoms with Crippen LogP contribution in [-0.2, 0) is 19.6 Å². The van der Waals surface area contributed by atoms with E-state index < -0.39 is 22.1 Å². The third-order valence-corrected chi connectivity index (χ3v) is 8.76. The lowest BCUT2D eigenvalue weighted by atomic mass is 10.1. The number of pyridine rings is 1. The zero-order chi connectivity index (χ0) is 25.4. The lowest BCUT2D eigenvalue weighted by molar-refractivity contribution is -0.144. The van der Waals surface area contributed by atoms with Gasteiger partial charge in [-0.15, -0.1) is 0 Å². The summed E-state index contributed by atoms with van der Waals surface area (Å²) in [6.07, 6.45) is 5.49. The number of carbonyl (C=O) groups is 2. The minimum atomic E-state index is -3.94. The number of hydrogen-bond donors (Lipinski definition) is 1. The van der Waals surface area contributed by atoms with Crippen LogP contribution in [0.3, 0.4) is 0 Å². The molecule has 1 N–H and O–H groups in total. The van der Waals surface area contributed by atoms with E-state index in [1.807, 2.05) is 17.0 Å².